The quantitative estimate of drug-likeness (QED) is 0.623. The Hall–Kier alpha value is -2.96. The van der Waals surface area contributed by atoms with Crippen LogP contribution in [0.15, 0.2) is 35.6 Å². The van der Waals surface area contributed by atoms with Crippen LogP contribution in [0.2, 0.25) is 0 Å². The van der Waals surface area contributed by atoms with Crippen molar-refractivity contribution < 1.29 is 19.0 Å². The number of rotatable bonds is 5. The lowest BCUT2D eigenvalue weighted by molar-refractivity contribution is 0.0600. The molecule has 1 aromatic carbocycles. The molecule has 0 unspecified atom stereocenters. The van der Waals surface area contributed by atoms with Gasteiger partial charge < -0.3 is 14.2 Å². The van der Waals surface area contributed by atoms with Crippen molar-refractivity contribution in [1.29, 1.82) is 0 Å². The molecule has 3 rings (SSSR count). The molecule has 118 valence electrons. The van der Waals surface area contributed by atoms with Crippen LogP contribution in [0.25, 0.3) is 0 Å². The molecular weight excluding hydrogens is 300 g/mol. The van der Waals surface area contributed by atoms with E-state index in [1.54, 1.807) is 24.3 Å². The van der Waals surface area contributed by atoms with Gasteiger partial charge >= 0.3 is 5.97 Å². The lowest BCUT2D eigenvalue weighted by Crippen LogP contribution is -2.04. The van der Waals surface area contributed by atoms with Crippen LogP contribution in [0.1, 0.15) is 21.6 Å². The summed E-state index contributed by atoms with van der Waals surface area (Å²) < 4.78 is 15.6. The zero-order chi connectivity index (χ0) is 16.2. The first-order valence-electron chi connectivity index (χ1n) is 7.00. The second-order valence-corrected chi connectivity index (χ2v) is 4.94. The molecule has 1 aliphatic heterocycles. The summed E-state index contributed by atoms with van der Waals surface area (Å²) in [5.41, 5.74) is 2.16. The number of carbonyl (C=O) groups is 1. The van der Waals surface area contributed by atoms with Crippen molar-refractivity contribution in [1.82, 2.24) is 4.98 Å². The summed E-state index contributed by atoms with van der Waals surface area (Å²) in [7, 11) is 1.31. The Balaban J connectivity index is 1.73. The van der Waals surface area contributed by atoms with Gasteiger partial charge in [-0.25, -0.2) is 4.79 Å². The number of hydrogen-bond acceptors (Lipinski definition) is 7. The van der Waals surface area contributed by atoms with Crippen LogP contribution < -0.4 is 9.47 Å². The van der Waals surface area contributed by atoms with Gasteiger partial charge in [-0.15, -0.1) is 4.91 Å². The minimum atomic E-state index is -0.448. The Kier molecular flexibility index (Phi) is 4.18. The van der Waals surface area contributed by atoms with Crippen LogP contribution >= 0.6 is 0 Å². The number of nitrogens with zero attached hydrogens (tertiary/aromatic N) is 2. The molecule has 0 saturated carbocycles. The van der Waals surface area contributed by atoms with Gasteiger partial charge in [0.05, 0.1) is 25.0 Å². The Bertz CT molecular complexity index is 743. The van der Waals surface area contributed by atoms with Crippen molar-refractivity contribution in [3.05, 3.63) is 52.2 Å². The van der Waals surface area contributed by atoms with Gasteiger partial charge in [-0.1, -0.05) is 0 Å². The number of fused-ring (bicyclic) bond motifs is 1. The molecule has 0 saturated heterocycles. The minimum Gasteiger partial charge on any atom is -0.493 e. The van der Waals surface area contributed by atoms with Gasteiger partial charge in [0.1, 0.15) is 18.1 Å². The predicted molar refractivity (Wildman–Crippen MR) is 81.0 cm³/mol. The Morgan fingerprint density at radius 1 is 1.39 bits per heavy atom. The van der Waals surface area contributed by atoms with E-state index in [9.17, 15) is 9.70 Å². The van der Waals surface area contributed by atoms with Crippen molar-refractivity contribution in [3.63, 3.8) is 0 Å². The molecule has 0 bridgehead atoms. The monoisotopic (exact) mass is 314 g/mol. The minimum absolute atomic E-state index is 0.156. The summed E-state index contributed by atoms with van der Waals surface area (Å²) in [6, 6.07) is 6.62. The number of hydrogen-bond donors (Lipinski definition) is 0. The molecule has 0 atom stereocenters. The Morgan fingerprint density at radius 3 is 2.96 bits per heavy atom. The van der Waals surface area contributed by atoms with E-state index in [1.165, 1.54) is 13.3 Å². The molecule has 7 nitrogen and oxygen atoms in total. The smallest absolute Gasteiger partial charge is 0.339 e. The van der Waals surface area contributed by atoms with E-state index in [2.05, 4.69) is 14.9 Å². The maximum Gasteiger partial charge on any atom is 0.339 e. The fourth-order valence-corrected chi connectivity index (χ4v) is 2.28. The normalized spacial score (nSPS) is 12.2. The number of methoxy groups -OCH3 is 1. The second-order valence-electron chi connectivity index (χ2n) is 4.94. The first kappa shape index (κ1) is 15.0. The molecule has 1 aromatic heterocycles. The van der Waals surface area contributed by atoms with E-state index in [4.69, 9.17) is 9.47 Å². The summed E-state index contributed by atoms with van der Waals surface area (Å²) in [5.74, 6) is 0.617. The number of benzene rings is 1. The highest BCUT2D eigenvalue weighted by molar-refractivity contribution is 5.88. The van der Waals surface area contributed by atoms with Gasteiger partial charge in [0.25, 0.3) is 0 Å². The van der Waals surface area contributed by atoms with E-state index >= 15 is 0 Å². The van der Waals surface area contributed by atoms with Crippen molar-refractivity contribution in [2.75, 3.05) is 13.7 Å². The number of carbonyl (C=O) groups excluding carboxylic acids is 1. The molecule has 2 heterocycles. The third-order valence-electron chi connectivity index (χ3n) is 3.49. The average molecular weight is 314 g/mol. The van der Waals surface area contributed by atoms with E-state index < -0.39 is 5.97 Å². The number of aromatic nitrogens is 1. The summed E-state index contributed by atoms with van der Waals surface area (Å²) in [6.07, 6.45) is 2.19. The molecule has 2 aromatic rings. The van der Waals surface area contributed by atoms with Crippen LogP contribution in [0, 0.1) is 4.91 Å². The number of pyridine rings is 1. The zero-order valence-electron chi connectivity index (χ0n) is 12.4. The molecule has 0 amide bonds. The molecule has 0 fully saturated rings. The third-order valence-corrected chi connectivity index (χ3v) is 3.49. The van der Waals surface area contributed by atoms with Gasteiger partial charge in [-0.3, -0.25) is 4.98 Å². The van der Waals surface area contributed by atoms with Crippen molar-refractivity contribution >= 4 is 11.7 Å². The molecule has 0 N–H and O–H groups in total. The van der Waals surface area contributed by atoms with Crippen molar-refractivity contribution in [3.8, 4) is 11.5 Å². The van der Waals surface area contributed by atoms with Gasteiger partial charge in [0.2, 0.25) is 0 Å². The van der Waals surface area contributed by atoms with E-state index in [0.29, 0.717) is 29.4 Å². The second kappa shape index (κ2) is 6.43. The van der Waals surface area contributed by atoms with Gasteiger partial charge in [-0.05, 0) is 23.4 Å². The fraction of sp³-hybridized carbons (Fsp3) is 0.250. The van der Waals surface area contributed by atoms with E-state index in [-0.39, 0.29) is 12.3 Å². The lowest BCUT2D eigenvalue weighted by Gasteiger charge is -2.09. The summed E-state index contributed by atoms with van der Waals surface area (Å²) in [5, 5.41) is 2.97. The highest BCUT2D eigenvalue weighted by Crippen LogP contribution is 2.38. The Morgan fingerprint density at radius 2 is 2.26 bits per heavy atom. The maximum atomic E-state index is 11.3. The largest absolute Gasteiger partial charge is 0.493 e. The summed E-state index contributed by atoms with van der Waals surface area (Å²) >= 11 is 0. The van der Waals surface area contributed by atoms with Crippen molar-refractivity contribution in [2.45, 2.75) is 13.0 Å². The van der Waals surface area contributed by atoms with Crippen LogP contribution in [0.4, 0.5) is 5.69 Å². The fourth-order valence-electron chi connectivity index (χ4n) is 2.28. The van der Waals surface area contributed by atoms with Crippen molar-refractivity contribution in [2.24, 2.45) is 5.18 Å². The molecule has 0 aliphatic carbocycles. The molecule has 1 aliphatic rings. The van der Waals surface area contributed by atoms with Crippen LogP contribution in [-0.2, 0) is 17.8 Å². The summed E-state index contributed by atoms with van der Waals surface area (Å²) in [4.78, 5) is 26.4. The van der Waals surface area contributed by atoms with Crippen LogP contribution in [-0.4, -0.2) is 24.7 Å². The Labute approximate surface area is 132 Å². The van der Waals surface area contributed by atoms with Gasteiger partial charge in [0.15, 0.2) is 5.69 Å². The molecule has 0 radical (unpaired) electrons. The first-order valence-corrected chi connectivity index (χ1v) is 7.00. The van der Waals surface area contributed by atoms with E-state index in [1.807, 2.05) is 0 Å². The SMILES string of the molecule is COC(=O)c1ccc(COc2cc3c(cc2N=O)OCC3)nc1. The molecular formula is C16H14N2O5. The topological polar surface area (TPSA) is 87.1 Å². The number of nitroso groups, excluding NO2 is 1. The lowest BCUT2D eigenvalue weighted by atomic mass is 10.1. The zero-order valence-corrected chi connectivity index (χ0v) is 12.4. The third kappa shape index (κ3) is 3.13. The molecule has 0 spiro atoms. The number of ether oxygens (including phenoxy) is 3. The molecule has 7 heteroatoms. The predicted octanol–water partition coefficient (Wildman–Crippen LogP) is 2.78. The maximum absolute atomic E-state index is 11.3. The first-order chi connectivity index (χ1) is 11.2. The van der Waals surface area contributed by atoms with Crippen LogP contribution in [0.3, 0.4) is 0 Å². The van der Waals surface area contributed by atoms with E-state index in [0.717, 1.165) is 12.0 Å². The summed E-state index contributed by atoms with van der Waals surface area (Å²) in [6.45, 7) is 0.747. The van der Waals surface area contributed by atoms with Crippen LogP contribution in [0.5, 0.6) is 11.5 Å². The average Bonchev–Trinajstić information content (AvgIpc) is 3.06. The standard InChI is InChI=1S/C16H14N2O5/c1-21-16(19)11-2-3-12(17-8-11)9-23-15-6-10-4-5-22-14(10)7-13(15)18-20/h2-3,6-8H,4-5,9H2,1H3. The van der Waals surface area contributed by atoms with Gasteiger partial charge in [0, 0.05) is 24.2 Å². The molecule has 23 heavy (non-hydrogen) atoms. The highest BCUT2D eigenvalue weighted by Gasteiger charge is 2.17. The highest BCUT2D eigenvalue weighted by atomic mass is 16.5. The number of esters is 1. The van der Waals surface area contributed by atoms with Gasteiger partial charge in [-0.2, -0.15) is 0 Å².